The van der Waals surface area contributed by atoms with Crippen molar-refractivity contribution in [3.63, 3.8) is 0 Å². The molecule has 1 aromatic carbocycles. The van der Waals surface area contributed by atoms with E-state index in [-0.39, 0.29) is 18.4 Å². The molecule has 1 saturated carbocycles. The lowest BCUT2D eigenvalue weighted by molar-refractivity contribution is -0.139. The molecule has 0 unspecified atom stereocenters. The van der Waals surface area contributed by atoms with Crippen LogP contribution < -0.4 is 10.5 Å². The lowest BCUT2D eigenvalue weighted by Gasteiger charge is -2.38. The Kier molecular flexibility index (Phi) is 6.16. The van der Waals surface area contributed by atoms with Gasteiger partial charge in [-0.25, -0.2) is 0 Å². The second-order valence-corrected chi connectivity index (χ2v) is 7.52. The number of amides is 2. The van der Waals surface area contributed by atoms with Crippen LogP contribution in [0.25, 0.3) is 0 Å². The Morgan fingerprint density at radius 2 is 2.00 bits per heavy atom. The van der Waals surface area contributed by atoms with E-state index in [1.165, 1.54) is 18.9 Å². The number of hydrogen-bond donors (Lipinski definition) is 1. The molecule has 1 heterocycles. The molecule has 0 spiro atoms. The van der Waals surface area contributed by atoms with Crippen LogP contribution in [0.5, 0.6) is 5.75 Å². The zero-order valence-electron chi connectivity index (χ0n) is 15.7. The van der Waals surface area contributed by atoms with Gasteiger partial charge in [0.1, 0.15) is 5.75 Å². The highest BCUT2D eigenvalue weighted by molar-refractivity contribution is 5.88. The Morgan fingerprint density at radius 3 is 2.63 bits per heavy atom. The SMILES string of the molecule is C=CC(=O)N(Cc1ccccc1OCC1CC1)CC1(C(N)=O)CCOCC1. The van der Waals surface area contributed by atoms with E-state index in [2.05, 4.69) is 6.58 Å². The smallest absolute Gasteiger partial charge is 0.246 e. The first kappa shape index (κ1) is 19.4. The molecule has 146 valence electrons. The van der Waals surface area contributed by atoms with E-state index in [4.69, 9.17) is 15.2 Å². The predicted octanol–water partition coefficient (Wildman–Crippen LogP) is 2.27. The Hall–Kier alpha value is -2.34. The zero-order valence-corrected chi connectivity index (χ0v) is 15.7. The molecule has 2 amide bonds. The second-order valence-electron chi connectivity index (χ2n) is 7.52. The van der Waals surface area contributed by atoms with Crippen LogP contribution in [0.15, 0.2) is 36.9 Å². The summed E-state index contributed by atoms with van der Waals surface area (Å²) >= 11 is 0. The summed E-state index contributed by atoms with van der Waals surface area (Å²) in [6.45, 7) is 5.87. The Bertz CT molecular complexity index is 693. The topological polar surface area (TPSA) is 81.9 Å². The molecule has 0 bridgehead atoms. The summed E-state index contributed by atoms with van der Waals surface area (Å²) in [5, 5.41) is 0. The zero-order chi connectivity index (χ0) is 19.3. The molecule has 1 aromatic rings. The van der Waals surface area contributed by atoms with Crippen LogP contribution in [0.2, 0.25) is 0 Å². The Labute approximate surface area is 160 Å². The molecular weight excluding hydrogens is 344 g/mol. The summed E-state index contributed by atoms with van der Waals surface area (Å²) in [6.07, 6.45) is 4.74. The number of nitrogens with two attached hydrogens (primary N) is 1. The number of benzene rings is 1. The normalized spacial score (nSPS) is 18.5. The first-order chi connectivity index (χ1) is 13.0. The van der Waals surface area contributed by atoms with Crippen LogP contribution in [0, 0.1) is 11.3 Å². The molecule has 6 heteroatoms. The highest BCUT2D eigenvalue weighted by Crippen LogP contribution is 2.33. The maximum atomic E-state index is 12.5. The van der Waals surface area contributed by atoms with E-state index in [0.717, 1.165) is 11.3 Å². The summed E-state index contributed by atoms with van der Waals surface area (Å²) in [6, 6.07) is 7.72. The van der Waals surface area contributed by atoms with Gasteiger partial charge >= 0.3 is 0 Å². The van der Waals surface area contributed by atoms with Crippen molar-refractivity contribution >= 4 is 11.8 Å². The number of ether oxygens (including phenoxy) is 2. The summed E-state index contributed by atoms with van der Waals surface area (Å²) in [5.74, 6) is 0.820. The van der Waals surface area contributed by atoms with Gasteiger partial charge in [0.25, 0.3) is 0 Å². The van der Waals surface area contributed by atoms with E-state index in [1.807, 2.05) is 24.3 Å². The minimum absolute atomic E-state index is 0.223. The van der Waals surface area contributed by atoms with E-state index in [1.54, 1.807) is 4.90 Å². The molecule has 1 aliphatic heterocycles. The van der Waals surface area contributed by atoms with Crippen molar-refractivity contribution in [3.8, 4) is 5.75 Å². The fourth-order valence-electron chi connectivity index (χ4n) is 3.42. The average Bonchev–Trinajstić information content (AvgIpc) is 3.51. The largest absolute Gasteiger partial charge is 0.493 e. The lowest BCUT2D eigenvalue weighted by Crippen LogP contribution is -2.50. The molecule has 2 N–H and O–H groups in total. The predicted molar refractivity (Wildman–Crippen MR) is 102 cm³/mol. The van der Waals surface area contributed by atoms with Crippen LogP contribution in [0.4, 0.5) is 0 Å². The lowest BCUT2D eigenvalue weighted by atomic mass is 9.79. The maximum absolute atomic E-state index is 12.5. The third kappa shape index (κ3) is 4.89. The minimum Gasteiger partial charge on any atom is -0.493 e. The van der Waals surface area contributed by atoms with Gasteiger partial charge in [-0.05, 0) is 43.7 Å². The molecule has 1 saturated heterocycles. The van der Waals surface area contributed by atoms with Crippen molar-refractivity contribution < 1.29 is 19.1 Å². The third-order valence-electron chi connectivity index (χ3n) is 5.46. The van der Waals surface area contributed by atoms with Crippen LogP contribution in [0.1, 0.15) is 31.2 Å². The van der Waals surface area contributed by atoms with Crippen molar-refractivity contribution in [2.75, 3.05) is 26.4 Å². The molecule has 2 aliphatic rings. The molecule has 0 aromatic heterocycles. The highest BCUT2D eigenvalue weighted by Gasteiger charge is 2.41. The van der Waals surface area contributed by atoms with E-state index >= 15 is 0 Å². The molecule has 0 atom stereocenters. The first-order valence-electron chi connectivity index (χ1n) is 9.54. The van der Waals surface area contributed by atoms with Gasteiger partial charge in [-0.15, -0.1) is 0 Å². The Morgan fingerprint density at radius 1 is 1.30 bits per heavy atom. The van der Waals surface area contributed by atoms with Crippen molar-refractivity contribution in [2.24, 2.45) is 17.1 Å². The first-order valence-corrected chi connectivity index (χ1v) is 9.54. The number of nitrogens with zero attached hydrogens (tertiary/aromatic N) is 1. The second kappa shape index (κ2) is 8.57. The molecule has 1 aliphatic carbocycles. The number of primary amides is 1. The van der Waals surface area contributed by atoms with Gasteiger partial charge in [0.05, 0.1) is 12.0 Å². The van der Waals surface area contributed by atoms with Crippen LogP contribution in [-0.2, 0) is 20.9 Å². The van der Waals surface area contributed by atoms with E-state index in [9.17, 15) is 9.59 Å². The minimum atomic E-state index is -0.763. The van der Waals surface area contributed by atoms with Crippen LogP contribution >= 0.6 is 0 Å². The van der Waals surface area contributed by atoms with Gasteiger partial charge in [0, 0.05) is 31.9 Å². The number of carbonyl (C=O) groups excluding carboxylic acids is 2. The van der Waals surface area contributed by atoms with Crippen LogP contribution in [0.3, 0.4) is 0 Å². The number of rotatable bonds is 9. The molecular formula is C21H28N2O4. The highest BCUT2D eigenvalue weighted by atomic mass is 16.5. The standard InChI is InChI=1S/C21H28N2O4/c1-2-19(24)23(15-21(20(22)25)9-11-26-12-10-21)13-17-5-3-4-6-18(17)27-14-16-7-8-16/h2-6,16H,1,7-15H2,(H2,22,25). The maximum Gasteiger partial charge on any atom is 0.246 e. The average molecular weight is 372 g/mol. The van der Waals surface area contributed by atoms with Gasteiger partial charge in [-0.2, -0.15) is 0 Å². The number of carbonyl (C=O) groups is 2. The quantitative estimate of drug-likeness (QED) is 0.674. The van der Waals surface area contributed by atoms with Gasteiger partial charge in [-0.3, -0.25) is 9.59 Å². The molecule has 2 fully saturated rings. The summed E-state index contributed by atoms with van der Waals surface area (Å²) in [7, 11) is 0. The van der Waals surface area contributed by atoms with E-state index in [0.29, 0.717) is 45.1 Å². The van der Waals surface area contributed by atoms with E-state index < -0.39 is 5.41 Å². The monoisotopic (exact) mass is 372 g/mol. The van der Waals surface area contributed by atoms with Crippen molar-refractivity contribution in [1.29, 1.82) is 0 Å². The van der Waals surface area contributed by atoms with Crippen molar-refractivity contribution in [1.82, 2.24) is 4.90 Å². The fourth-order valence-corrected chi connectivity index (χ4v) is 3.42. The summed E-state index contributed by atoms with van der Waals surface area (Å²) < 4.78 is 11.4. The molecule has 3 rings (SSSR count). The molecule has 0 radical (unpaired) electrons. The number of para-hydroxylation sites is 1. The van der Waals surface area contributed by atoms with Gasteiger partial charge < -0.3 is 20.1 Å². The molecule has 27 heavy (non-hydrogen) atoms. The van der Waals surface area contributed by atoms with Gasteiger partial charge in [0.15, 0.2) is 0 Å². The Balaban J connectivity index is 1.78. The number of hydrogen-bond acceptors (Lipinski definition) is 4. The van der Waals surface area contributed by atoms with Gasteiger partial charge in [-0.1, -0.05) is 24.8 Å². The van der Waals surface area contributed by atoms with Gasteiger partial charge in [0.2, 0.25) is 11.8 Å². The summed E-state index contributed by atoms with van der Waals surface area (Å²) in [5.41, 5.74) is 5.87. The van der Waals surface area contributed by atoms with Crippen molar-refractivity contribution in [3.05, 3.63) is 42.5 Å². The fraction of sp³-hybridized carbons (Fsp3) is 0.524. The third-order valence-corrected chi connectivity index (χ3v) is 5.46. The molecule has 6 nitrogen and oxygen atoms in total. The van der Waals surface area contributed by atoms with Crippen molar-refractivity contribution in [2.45, 2.75) is 32.2 Å². The summed E-state index contributed by atoms with van der Waals surface area (Å²) in [4.78, 5) is 26.4. The van der Waals surface area contributed by atoms with Crippen LogP contribution in [-0.4, -0.2) is 43.1 Å².